The number of hydrogen-bond donors (Lipinski definition) is 2. The van der Waals surface area contributed by atoms with Crippen LogP contribution in [0.1, 0.15) is 41.4 Å². The van der Waals surface area contributed by atoms with Crippen LogP contribution in [-0.2, 0) is 6.54 Å². The molecule has 0 atom stereocenters. The quantitative estimate of drug-likeness (QED) is 0.664. The summed E-state index contributed by atoms with van der Waals surface area (Å²) in [5.41, 5.74) is 3.68. The number of ether oxygens (including phenoxy) is 1. The van der Waals surface area contributed by atoms with Crippen LogP contribution in [0.2, 0.25) is 0 Å². The monoisotopic (exact) mass is 368 g/mol. The van der Waals surface area contributed by atoms with Crippen molar-refractivity contribution in [3.63, 3.8) is 0 Å². The molecule has 0 radical (unpaired) electrons. The molecule has 2 aromatic heterocycles. The van der Waals surface area contributed by atoms with Crippen molar-refractivity contribution < 1.29 is 14.1 Å². The van der Waals surface area contributed by atoms with Crippen molar-refractivity contribution in [2.45, 2.75) is 34.2 Å². The molecule has 0 unspecified atom stereocenters. The fourth-order valence-electron chi connectivity index (χ4n) is 2.59. The number of aromatic nitrogens is 3. The minimum Gasteiger partial charge on any atom is -0.493 e. The van der Waals surface area contributed by atoms with Crippen molar-refractivity contribution in [3.8, 4) is 17.0 Å². The predicted molar refractivity (Wildman–Crippen MR) is 102 cm³/mol. The lowest BCUT2D eigenvalue weighted by atomic mass is 10.1. The number of aryl methyl sites for hydroxylation is 2. The molecular weight excluding hydrogens is 344 g/mol. The van der Waals surface area contributed by atoms with E-state index in [1.54, 1.807) is 6.07 Å². The van der Waals surface area contributed by atoms with Crippen LogP contribution in [-0.4, -0.2) is 27.9 Å². The first-order valence-electron chi connectivity index (χ1n) is 8.92. The molecule has 0 aliphatic rings. The first-order valence-corrected chi connectivity index (χ1v) is 8.92. The van der Waals surface area contributed by atoms with E-state index in [0.717, 1.165) is 22.6 Å². The number of amides is 1. The van der Waals surface area contributed by atoms with E-state index in [1.165, 1.54) is 0 Å². The zero-order valence-corrected chi connectivity index (χ0v) is 16.0. The number of carbonyl (C=O) groups is 1. The van der Waals surface area contributed by atoms with E-state index >= 15 is 0 Å². The normalized spacial score (nSPS) is 11.0. The Balaban J connectivity index is 1.63. The maximum atomic E-state index is 12.4. The zero-order valence-electron chi connectivity index (χ0n) is 16.0. The van der Waals surface area contributed by atoms with Crippen LogP contribution < -0.4 is 10.1 Å². The standard InChI is InChI=1S/C20H24N4O3/c1-12(2)11-26-16-7-5-15(6-8-16)18-9-19(23-22-18)20(25)21-10-17-13(3)24-27-14(17)4/h5-9,12H,10-11H2,1-4H3,(H,21,25)(H,22,23). The summed E-state index contributed by atoms with van der Waals surface area (Å²) in [6, 6.07) is 9.40. The molecule has 27 heavy (non-hydrogen) atoms. The number of carbonyl (C=O) groups excluding carboxylic acids is 1. The third-order valence-corrected chi connectivity index (χ3v) is 4.16. The van der Waals surface area contributed by atoms with E-state index < -0.39 is 0 Å². The summed E-state index contributed by atoms with van der Waals surface area (Å²) in [7, 11) is 0. The number of nitrogens with zero attached hydrogens (tertiary/aromatic N) is 2. The van der Waals surface area contributed by atoms with Crippen LogP contribution in [0.4, 0.5) is 0 Å². The molecule has 3 rings (SSSR count). The van der Waals surface area contributed by atoms with Crippen LogP contribution in [0.15, 0.2) is 34.9 Å². The van der Waals surface area contributed by atoms with Gasteiger partial charge in [0.1, 0.15) is 17.2 Å². The van der Waals surface area contributed by atoms with Crippen LogP contribution >= 0.6 is 0 Å². The number of H-pyrrole nitrogens is 1. The van der Waals surface area contributed by atoms with Gasteiger partial charge in [-0.25, -0.2) is 0 Å². The van der Waals surface area contributed by atoms with Crippen molar-refractivity contribution >= 4 is 5.91 Å². The molecule has 0 saturated heterocycles. The molecule has 0 fully saturated rings. The second-order valence-electron chi connectivity index (χ2n) is 6.88. The Labute approximate surface area is 158 Å². The first-order chi connectivity index (χ1) is 12.9. The van der Waals surface area contributed by atoms with Crippen molar-refractivity contribution in [2.75, 3.05) is 6.61 Å². The molecule has 7 heteroatoms. The molecule has 1 aromatic carbocycles. The van der Waals surface area contributed by atoms with Gasteiger partial charge in [-0.1, -0.05) is 19.0 Å². The highest BCUT2D eigenvalue weighted by Crippen LogP contribution is 2.22. The van der Waals surface area contributed by atoms with Crippen LogP contribution in [0.3, 0.4) is 0 Å². The van der Waals surface area contributed by atoms with E-state index in [2.05, 4.69) is 34.5 Å². The molecule has 0 aliphatic heterocycles. The highest BCUT2D eigenvalue weighted by atomic mass is 16.5. The van der Waals surface area contributed by atoms with Crippen molar-refractivity contribution in [2.24, 2.45) is 5.92 Å². The largest absolute Gasteiger partial charge is 0.493 e. The van der Waals surface area contributed by atoms with Gasteiger partial charge in [0.25, 0.3) is 5.91 Å². The Hall–Kier alpha value is -3.09. The Morgan fingerprint density at radius 2 is 2.00 bits per heavy atom. The average molecular weight is 368 g/mol. The minimum atomic E-state index is -0.231. The maximum absolute atomic E-state index is 12.4. The van der Waals surface area contributed by atoms with Crippen LogP contribution in [0.25, 0.3) is 11.3 Å². The maximum Gasteiger partial charge on any atom is 0.269 e. The van der Waals surface area contributed by atoms with Crippen LogP contribution in [0, 0.1) is 19.8 Å². The third-order valence-electron chi connectivity index (χ3n) is 4.16. The number of hydrogen-bond acceptors (Lipinski definition) is 5. The zero-order chi connectivity index (χ0) is 19.4. The molecule has 0 aliphatic carbocycles. The lowest BCUT2D eigenvalue weighted by Crippen LogP contribution is -2.23. The lowest BCUT2D eigenvalue weighted by molar-refractivity contribution is 0.0946. The van der Waals surface area contributed by atoms with E-state index in [9.17, 15) is 4.79 Å². The Morgan fingerprint density at radius 1 is 1.26 bits per heavy atom. The second kappa shape index (κ2) is 8.07. The molecular formula is C20H24N4O3. The predicted octanol–water partition coefficient (Wildman–Crippen LogP) is 3.65. The third kappa shape index (κ3) is 4.55. The first kappa shape index (κ1) is 18.7. The SMILES string of the molecule is Cc1noc(C)c1CNC(=O)c1cc(-c2ccc(OCC(C)C)cc2)n[nH]1. The fraction of sp³-hybridized carbons (Fsp3) is 0.350. The van der Waals surface area contributed by atoms with Gasteiger partial charge in [-0.05, 0) is 50.1 Å². The van der Waals surface area contributed by atoms with Gasteiger partial charge >= 0.3 is 0 Å². The fourth-order valence-corrected chi connectivity index (χ4v) is 2.59. The van der Waals surface area contributed by atoms with Gasteiger partial charge in [0.15, 0.2) is 0 Å². The van der Waals surface area contributed by atoms with E-state index in [0.29, 0.717) is 36.2 Å². The summed E-state index contributed by atoms with van der Waals surface area (Å²) in [6.07, 6.45) is 0. The van der Waals surface area contributed by atoms with E-state index in [-0.39, 0.29) is 5.91 Å². The summed E-state index contributed by atoms with van der Waals surface area (Å²) >= 11 is 0. The van der Waals surface area contributed by atoms with E-state index in [4.69, 9.17) is 9.26 Å². The average Bonchev–Trinajstić information content (AvgIpc) is 3.26. The highest BCUT2D eigenvalue weighted by Gasteiger charge is 2.14. The summed E-state index contributed by atoms with van der Waals surface area (Å²) in [6.45, 7) is 8.92. The Morgan fingerprint density at radius 3 is 2.63 bits per heavy atom. The molecule has 7 nitrogen and oxygen atoms in total. The van der Waals surface area contributed by atoms with Crippen LogP contribution in [0.5, 0.6) is 5.75 Å². The topological polar surface area (TPSA) is 93.0 Å². The van der Waals surface area contributed by atoms with Gasteiger partial charge in [-0.3, -0.25) is 9.89 Å². The molecule has 142 valence electrons. The van der Waals surface area contributed by atoms with Gasteiger partial charge in [0.05, 0.1) is 18.0 Å². The number of benzene rings is 1. The molecule has 0 spiro atoms. The number of rotatable bonds is 7. The molecule has 3 aromatic rings. The van der Waals surface area contributed by atoms with Gasteiger partial charge in [0.2, 0.25) is 0 Å². The van der Waals surface area contributed by atoms with Gasteiger partial charge in [-0.15, -0.1) is 0 Å². The summed E-state index contributed by atoms with van der Waals surface area (Å²) in [5, 5.41) is 13.8. The molecule has 0 saturated carbocycles. The molecule has 2 N–H and O–H groups in total. The highest BCUT2D eigenvalue weighted by molar-refractivity contribution is 5.93. The lowest BCUT2D eigenvalue weighted by Gasteiger charge is -2.08. The number of aromatic amines is 1. The molecule has 0 bridgehead atoms. The second-order valence-corrected chi connectivity index (χ2v) is 6.88. The summed E-state index contributed by atoms with van der Waals surface area (Å²) in [5.74, 6) is 1.77. The Bertz CT molecular complexity index is 890. The van der Waals surface area contributed by atoms with Crippen molar-refractivity contribution in [3.05, 3.63) is 53.0 Å². The van der Waals surface area contributed by atoms with E-state index in [1.807, 2.05) is 38.1 Å². The smallest absolute Gasteiger partial charge is 0.269 e. The van der Waals surface area contributed by atoms with Gasteiger partial charge in [0, 0.05) is 17.7 Å². The van der Waals surface area contributed by atoms with Gasteiger partial charge in [-0.2, -0.15) is 5.10 Å². The molecule has 1 amide bonds. The van der Waals surface area contributed by atoms with Crippen molar-refractivity contribution in [1.29, 1.82) is 0 Å². The molecule has 2 heterocycles. The van der Waals surface area contributed by atoms with Gasteiger partial charge < -0.3 is 14.6 Å². The van der Waals surface area contributed by atoms with Crippen molar-refractivity contribution in [1.82, 2.24) is 20.7 Å². The summed E-state index contributed by atoms with van der Waals surface area (Å²) < 4.78 is 10.8. The summed E-state index contributed by atoms with van der Waals surface area (Å²) in [4.78, 5) is 12.4. The number of nitrogens with one attached hydrogen (secondary N) is 2. The Kier molecular flexibility index (Phi) is 5.59. The minimum absolute atomic E-state index is 0.231.